The summed E-state index contributed by atoms with van der Waals surface area (Å²) in [7, 11) is 0. The summed E-state index contributed by atoms with van der Waals surface area (Å²) in [5.74, 6) is 0.145. The van der Waals surface area contributed by atoms with Crippen molar-refractivity contribution in [2.45, 2.75) is 6.92 Å². The summed E-state index contributed by atoms with van der Waals surface area (Å²) in [6, 6.07) is 20.1. The standard InChI is InChI=1S/C25H17ClN4O2S/c1-14-15(24-29-22-21(32-24)12-5-13-27-22)6-4-11-20(14)28-25(33)30-23(31)18-9-2-8-17-16(18)7-3-10-19(17)26/h2-13H,1H3,(H2,28,30,31,33). The topological polar surface area (TPSA) is 80.0 Å². The predicted molar refractivity (Wildman–Crippen MR) is 135 cm³/mol. The first-order chi connectivity index (χ1) is 16.0. The largest absolute Gasteiger partial charge is 0.434 e. The van der Waals surface area contributed by atoms with Crippen LogP contribution in [0.4, 0.5) is 5.69 Å². The van der Waals surface area contributed by atoms with Crippen molar-refractivity contribution in [1.29, 1.82) is 0 Å². The molecular formula is C25H17ClN4O2S. The third-order valence-corrected chi connectivity index (χ3v) is 5.85. The lowest BCUT2D eigenvalue weighted by Crippen LogP contribution is -2.34. The zero-order valence-corrected chi connectivity index (χ0v) is 19.0. The van der Waals surface area contributed by atoms with Gasteiger partial charge in [0.15, 0.2) is 16.3 Å². The van der Waals surface area contributed by atoms with Gasteiger partial charge in [0.05, 0.1) is 0 Å². The molecule has 1 amide bonds. The first-order valence-corrected chi connectivity index (χ1v) is 10.9. The number of benzene rings is 3. The van der Waals surface area contributed by atoms with E-state index in [0.29, 0.717) is 27.7 Å². The summed E-state index contributed by atoms with van der Waals surface area (Å²) in [5.41, 5.74) is 4.05. The maximum atomic E-state index is 12.9. The number of nitrogens with one attached hydrogen (secondary N) is 2. The molecule has 5 rings (SSSR count). The smallest absolute Gasteiger partial charge is 0.258 e. The number of pyridine rings is 1. The Labute approximate surface area is 199 Å². The van der Waals surface area contributed by atoms with Gasteiger partial charge in [0.2, 0.25) is 5.89 Å². The van der Waals surface area contributed by atoms with Gasteiger partial charge in [0.1, 0.15) is 0 Å². The highest BCUT2D eigenvalue weighted by Crippen LogP contribution is 2.30. The Balaban J connectivity index is 1.38. The van der Waals surface area contributed by atoms with E-state index >= 15 is 0 Å². The van der Waals surface area contributed by atoms with Crippen molar-refractivity contribution >= 4 is 62.5 Å². The van der Waals surface area contributed by atoms with Gasteiger partial charge in [-0.05, 0) is 66.5 Å². The van der Waals surface area contributed by atoms with Gasteiger partial charge in [-0.1, -0.05) is 41.9 Å². The fourth-order valence-electron chi connectivity index (χ4n) is 3.68. The maximum Gasteiger partial charge on any atom is 0.258 e. The molecule has 162 valence electrons. The molecule has 0 aliphatic rings. The van der Waals surface area contributed by atoms with E-state index in [1.807, 2.05) is 49.4 Å². The Bertz CT molecular complexity index is 1510. The number of rotatable bonds is 3. The van der Waals surface area contributed by atoms with Crippen LogP contribution in [-0.2, 0) is 0 Å². The molecule has 2 heterocycles. The highest BCUT2D eigenvalue weighted by molar-refractivity contribution is 7.80. The van der Waals surface area contributed by atoms with Gasteiger partial charge in [0, 0.05) is 33.4 Å². The Morgan fingerprint density at radius 2 is 1.79 bits per heavy atom. The molecular weight excluding hydrogens is 456 g/mol. The SMILES string of the molecule is Cc1c(NC(=S)NC(=O)c2cccc3c(Cl)cccc23)cccc1-c1nc2ncccc2o1. The Morgan fingerprint density at radius 1 is 1.00 bits per heavy atom. The third-order valence-electron chi connectivity index (χ3n) is 5.32. The molecule has 0 unspecified atom stereocenters. The van der Waals surface area contributed by atoms with Crippen LogP contribution in [0.5, 0.6) is 0 Å². The van der Waals surface area contributed by atoms with Crippen molar-refractivity contribution in [2.24, 2.45) is 0 Å². The zero-order chi connectivity index (χ0) is 22.9. The summed E-state index contributed by atoms with van der Waals surface area (Å²) in [6.45, 7) is 1.93. The predicted octanol–water partition coefficient (Wildman–Crippen LogP) is 6.13. The second-order valence-corrected chi connectivity index (χ2v) is 8.19. The lowest BCUT2D eigenvalue weighted by molar-refractivity contribution is 0.0979. The van der Waals surface area contributed by atoms with Crippen molar-refractivity contribution in [3.8, 4) is 11.5 Å². The average Bonchev–Trinajstić information content (AvgIpc) is 3.24. The van der Waals surface area contributed by atoms with E-state index in [0.717, 1.165) is 27.6 Å². The molecule has 2 aromatic heterocycles. The molecule has 6 nitrogen and oxygen atoms in total. The van der Waals surface area contributed by atoms with Crippen LogP contribution < -0.4 is 10.6 Å². The Morgan fingerprint density at radius 3 is 2.64 bits per heavy atom. The fraction of sp³-hybridized carbons (Fsp3) is 0.0400. The molecule has 33 heavy (non-hydrogen) atoms. The van der Waals surface area contributed by atoms with Crippen LogP contribution in [0.3, 0.4) is 0 Å². The van der Waals surface area contributed by atoms with Crippen LogP contribution in [0.1, 0.15) is 15.9 Å². The van der Waals surface area contributed by atoms with Gasteiger partial charge in [-0.3, -0.25) is 10.1 Å². The summed E-state index contributed by atoms with van der Waals surface area (Å²) >= 11 is 11.7. The second kappa shape index (κ2) is 8.61. The summed E-state index contributed by atoms with van der Waals surface area (Å²) in [4.78, 5) is 21.6. The fourth-order valence-corrected chi connectivity index (χ4v) is 4.12. The number of hydrogen-bond acceptors (Lipinski definition) is 5. The number of carbonyl (C=O) groups is 1. The lowest BCUT2D eigenvalue weighted by Gasteiger charge is -2.14. The van der Waals surface area contributed by atoms with Crippen molar-refractivity contribution < 1.29 is 9.21 Å². The zero-order valence-electron chi connectivity index (χ0n) is 17.4. The van der Waals surface area contributed by atoms with Gasteiger partial charge in [-0.25, -0.2) is 4.98 Å². The van der Waals surface area contributed by atoms with Crippen LogP contribution in [-0.4, -0.2) is 21.0 Å². The summed E-state index contributed by atoms with van der Waals surface area (Å²) in [5, 5.41) is 8.19. The van der Waals surface area contributed by atoms with Crippen LogP contribution in [0.2, 0.25) is 5.02 Å². The molecule has 0 saturated carbocycles. The molecule has 2 N–H and O–H groups in total. The number of fused-ring (bicyclic) bond motifs is 2. The molecule has 3 aromatic carbocycles. The molecule has 0 aliphatic carbocycles. The lowest BCUT2D eigenvalue weighted by atomic mass is 10.0. The normalized spacial score (nSPS) is 11.0. The number of anilines is 1. The number of hydrogen-bond donors (Lipinski definition) is 2. The number of nitrogens with zero attached hydrogens (tertiary/aromatic N) is 2. The van der Waals surface area contributed by atoms with Crippen LogP contribution in [0.15, 0.2) is 77.3 Å². The maximum absolute atomic E-state index is 12.9. The minimum atomic E-state index is -0.320. The minimum Gasteiger partial charge on any atom is -0.434 e. The number of thiocarbonyl (C=S) groups is 1. The third kappa shape index (κ3) is 4.04. The van der Waals surface area contributed by atoms with Crippen molar-refractivity contribution in [3.05, 3.63) is 89.1 Å². The van der Waals surface area contributed by atoms with Gasteiger partial charge in [-0.2, -0.15) is 4.98 Å². The minimum absolute atomic E-state index is 0.179. The van der Waals surface area contributed by atoms with Crippen LogP contribution in [0.25, 0.3) is 33.5 Å². The summed E-state index contributed by atoms with van der Waals surface area (Å²) < 4.78 is 5.85. The van der Waals surface area contributed by atoms with Gasteiger partial charge in [0.25, 0.3) is 5.91 Å². The quantitative estimate of drug-likeness (QED) is 0.307. The second-order valence-electron chi connectivity index (χ2n) is 7.37. The number of halogens is 1. The molecule has 0 aliphatic heterocycles. The average molecular weight is 473 g/mol. The van der Waals surface area contributed by atoms with E-state index in [9.17, 15) is 4.79 Å². The molecule has 0 saturated heterocycles. The Kier molecular flexibility index (Phi) is 5.50. The van der Waals surface area contributed by atoms with Gasteiger partial charge in [-0.15, -0.1) is 0 Å². The van der Waals surface area contributed by atoms with Crippen molar-refractivity contribution in [2.75, 3.05) is 5.32 Å². The van der Waals surface area contributed by atoms with Crippen LogP contribution in [0, 0.1) is 6.92 Å². The molecule has 0 radical (unpaired) electrons. The van der Waals surface area contributed by atoms with E-state index in [1.54, 1.807) is 30.5 Å². The summed E-state index contributed by atoms with van der Waals surface area (Å²) in [6.07, 6.45) is 1.67. The Hall–Kier alpha value is -3.81. The van der Waals surface area contributed by atoms with E-state index in [4.69, 9.17) is 28.2 Å². The molecule has 8 heteroatoms. The van der Waals surface area contributed by atoms with Crippen molar-refractivity contribution in [3.63, 3.8) is 0 Å². The van der Waals surface area contributed by atoms with E-state index in [-0.39, 0.29) is 11.0 Å². The molecule has 0 spiro atoms. The highest BCUT2D eigenvalue weighted by atomic mass is 35.5. The van der Waals surface area contributed by atoms with Gasteiger partial charge >= 0.3 is 0 Å². The number of carbonyl (C=O) groups excluding carboxylic acids is 1. The highest BCUT2D eigenvalue weighted by Gasteiger charge is 2.16. The first kappa shape index (κ1) is 21.1. The molecule has 0 atom stereocenters. The number of amides is 1. The van der Waals surface area contributed by atoms with E-state index < -0.39 is 0 Å². The molecule has 0 fully saturated rings. The van der Waals surface area contributed by atoms with E-state index in [2.05, 4.69) is 20.6 Å². The first-order valence-electron chi connectivity index (χ1n) is 10.1. The number of oxazole rings is 1. The van der Waals surface area contributed by atoms with Gasteiger partial charge < -0.3 is 9.73 Å². The van der Waals surface area contributed by atoms with E-state index in [1.165, 1.54) is 0 Å². The molecule has 0 bridgehead atoms. The van der Waals surface area contributed by atoms with Crippen LogP contribution >= 0.6 is 23.8 Å². The monoisotopic (exact) mass is 472 g/mol. The number of aromatic nitrogens is 2. The molecule has 5 aromatic rings. The van der Waals surface area contributed by atoms with Crippen molar-refractivity contribution in [1.82, 2.24) is 15.3 Å².